The molecule has 11 heavy (non-hydrogen) atoms. The summed E-state index contributed by atoms with van der Waals surface area (Å²) in [5, 5.41) is 0. The predicted octanol–water partition coefficient (Wildman–Crippen LogP) is 2.46. The molecule has 0 saturated carbocycles. The van der Waals surface area contributed by atoms with Gasteiger partial charge in [-0.15, -0.1) is 0 Å². The van der Waals surface area contributed by atoms with Gasteiger partial charge in [0.1, 0.15) is 0 Å². The largest absolute Gasteiger partial charge is 0.316 e. The van der Waals surface area contributed by atoms with Crippen LogP contribution in [0.15, 0.2) is 16.6 Å². The van der Waals surface area contributed by atoms with Gasteiger partial charge in [-0.25, -0.2) is 0 Å². The van der Waals surface area contributed by atoms with E-state index in [4.69, 9.17) is 0 Å². The zero-order valence-corrected chi connectivity index (χ0v) is 8.12. The van der Waals surface area contributed by atoms with Crippen molar-refractivity contribution in [2.45, 2.75) is 20.8 Å². The summed E-state index contributed by atoms with van der Waals surface area (Å²) in [5.41, 5.74) is 3.97. The molecule has 0 radical (unpaired) electrons. The van der Waals surface area contributed by atoms with Crippen LogP contribution >= 0.6 is 15.9 Å². The first kappa shape index (κ1) is 11.5. The summed E-state index contributed by atoms with van der Waals surface area (Å²) >= 11 is 3.51. The molecule has 0 spiro atoms. The van der Waals surface area contributed by atoms with Gasteiger partial charge >= 0.3 is 23.1 Å². The maximum atomic E-state index is 3.51. The number of benzene rings is 1. The molecule has 1 aromatic carbocycles. The molecule has 0 fully saturated rings. The smallest absolute Gasteiger partial charge is 0.0552 e. The molecular weight excluding hydrogens is 212 g/mol. The summed E-state index contributed by atoms with van der Waals surface area (Å²) in [6.45, 7) is 6.35. The van der Waals surface area contributed by atoms with Gasteiger partial charge < -0.3 is 0 Å². The van der Waals surface area contributed by atoms with Gasteiger partial charge in [0, 0.05) is 4.47 Å². The Balaban J connectivity index is 0.000001000. The Kier molecular flexibility index (Phi) is 4.67. The summed E-state index contributed by atoms with van der Waals surface area (Å²) < 4.78 is 1.23. The summed E-state index contributed by atoms with van der Waals surface area (Å²) in [5.74, 6) is 0. The summed E-state index contributed by atoms with van der Waals surface area (Å²) in [6.07, 6.45) is 0. The van der Waals surface area contributed by atoms with Crippen molar-refractivity contribution in [1.29, 1.82) is 0 Å². The van der Waals surface area contributed by atoms with Gasteiger partial charge in [0.2, 0.25) is 0 Å². The Morgan fingerprint density at radius 1 is 1.00 bits per heavy atom. The molecule has 0 unspecified atom stereocenters. The van der Waals surface area contributed by atoms with Crippen molar-refractivity contribution in [1.82, 2.24) is 0 Å². The second-order valence-electron chi connectivity index (χ2n) is 2.71. The number of rotatable bonds is 0. The maximum Gasteiger partial charge on any atom is 0.316 e. The van der Waals surface area contributed by atoms with E-state index in [1.807, 2.05) is 0 Å². The van der Waals surface area contributed by atoms with Crippen LogP contribution in [-0.4, -0.2) is 23.1 Å². The highest BCUT2D eigenvalue weighted by atomic mass is 79.9. The number of hydrogen-bond acceptors (Lipinski definition) is 0. The summed E-state index contributed by atoms with van der Waals surface area (Å²) in [6, 6.07) is 4.36. The van der Waals surface area contributed by atoms with Gasteiger partial charge in [-0.05, 0) is 31.9 Å². The maximum absolute atomic E-state index is 3.51. The van der Waals surface area contributed by atoms with Crippen molar-refractivity contribution in [2.24, 2.45) is 0 Å². The van der Waals surface area contributed by atoms with E-state index in [2.05, 4.69) is 48.8 Å². The van der Waals surface area contributed by atoms with Gasteiger partial charge in [-0.2, -0.15) is 0 Å². The Labute approximate surface area is 92.7 Å². The highest BCUT2D eigenvalue weighted by Gasteiger charge is 1.97. The predicted molar refractivity (Wildman–Crippen MR) is 56.9 cm³/mol. The van der Waals surface area contributed by atoms with Crippen LogP contribution in [0.2, 0.25) is 0 Å². The van der Waals surface area contributed by atoms with Crippen LogP contribution in [0.5, 0.6) is 0 Å². The summed E-state index contributed by atoms with van der Waals surface area (Å²) in [7, 11) is 0. The van der Waals surface area contributed by atoms with Crippen molar-refractivity contribution in [3.8, 4) is 0 Å². The minimum absolute atomic E-state index is 0. The average molecular weight is 225 g/mol. The Morgan fingerprint density at radius 3 is 1.73 bits per heavy atom. The molecule has 0 amide bonds. The lowest BCUT2D eigenvalue weighted by Gasteiger charge is -2.03. The van der Waals surface area contributed by atoms with Crippen LogP contribution in [0.3, 0.4) is 0 Å². The van der Waals surface area contributed by atoms with E-state index in [1.54, 1.807) is 0 Å². The topological polar surface area (TPSA) is 0 Å². The lowest BCUT2D eigenvalue weighted by molar-refractivity contribution is 1.29. The van der Waals surface area contributed by atoms with Crippen LogP contribution in [0, 0.1) is 20.8 Å². The first-order valence-corrected chi connectivity index (χ1v) is 4.14. The molecular formula is C9H13BrMg. The minimum Gasteiger partial charge on any atom is -0.0552 e. The van der Waals surface area contributed by atoms with Crippen LogP contribution < -0.4 is 0 Å². The molecule has 0 aliphatic heterocycles. The zero-order chi connectivity index (χ0) is 7.72. The van der Waals surface area contributed by atoms with Crippen LogP contribution in [0.4, 0.5) is 0 Å². The van der Waals surface area contributed by atoms with Crippen LogP contribution in [0.25, 0.3) is 0 Å². The van der Waals surface area contributed by atoms with E-state index >= 15 is 0 Å². The van der Waals surface area contributed by atoms with Gasteiger partial charge in [-0.1, -0.05) is 33.6 Å². The quantitative estimate of drug-likeness (QED) is 0.595. The molecule has 0 aromatic heterocycles. The molecule has 1 rings (SSSR count). The first-order chi connectivity index (χ1) is 4.61. The molecule has 0 aliphatic carbocycles. The highest BCUT2D eigenvalue weighted by Crippen LogP contribution is 2.21. The van der Waals surface area contributed by atoms with Crippen LogP contribution in [0.1, 0.15) is 16.7 Å². The summed E-state index contributed by atoms with van der Waals surface area (Å²) in [4.78, 5) is 0. The molecule has 0 heterocycles. The lowest BCUT2D eigenvalue weighted by atomic mass is 10.1. The fourth-order valence-corrected chi connectivity index (χ4v) is 1.39. The van der Waals surface area contributed by atoms with Gasteiger partial charge in [0.15, 0.2) is 0 Å². The van der Waals surface area contributed by atoms with Crippen molar-refractivity contribution in [3.63, 3.8) is 0 Å². The average Bonchev–Trinajstić information content (AvgIpc) is 1.82. The van der Waals surface area contributed by atoms with E-state index in [-0.39, 0.29) is 23.1 Å². The fourth-order valence-electron chi connectivity index (χ4n) is 1.16. The van der Waals surface area contributed by atoms with Gasteiger partial charge in [0.25, 0.3) is 0 Å². The fraction of sp³-hybridized carbons (Fsp3) is 0.333. The van der Waals surface area contributed by atoms with Crippen LogP contribution in [-0.2, 0) is 0 Å². The van der Waals surface area contributed by atoms with E-state index in [0.29, 0.717) is 0 Å². The van der Waals surface area contributed by atoms with E-state index in [1.165, 1.54) is 21.2 Å². The van der Waals surface area contributed by atoms with E-state index in [9.17, 15) is 0 Å². The third kappa shape index (κ3) is 2.77. The number of aryl methyl sites for hydroxylation is 3. The molecule has 2 heteroatoms. The molecule has 0 atom stereocenters. The second-order valence-corrected chi connectivity index (χ2v) is 3.51. The first-order valence-electron chi connectivity index (χ1n) is 3.34. The zero-order valence-electron chi connectivity index (χ0n) is 6.53. The lowest BCUT2D eigenvalue weighted by Crippen LogP contribution is -1.82. The van der Waals surface area contributed by atoms with E-state index in [0.717, 1.165) is 0 Å². The van der Waals surface area contributed by atoms with Crippen molar-refractivity contribution < 1.29 is 0 Å². The van der Waals surface area contributed by atoms with Crippen molar-refractivity contribution >= 4 is 39.0 Å². The molecule has 0 N–H and O–H groups in total. The monoisotopic (exact) mass is 224 g/mol. The van der Waals surface area contributed by atoms with Crippen molar-refractivity contribution in [2.75, 3.05) is 0 Å². The molecule has 0 aliphatic rings. The SMILES string of the molecule is Cc1cc(C)c(Br)c(C)c1.[MgH2]. The minimum atomic E-state index is 0. The third-order valence-corrected chi connectivity index (χ3v) is 2.83. The third-order valence-electron chi connectivity index (χ3n) is 1.58. The Bertz CT molecular complexity index is 233. The molecule has 58 valence electrons. The molecule has 0 saturated heterocycles. The van der Waals surface area contributed by atoms with Crippen molar-refractivity contribution in [3.05, 3.63) is 33.3 Å². The molecule has 1 aromatic rings. The standard InChI is InChI=1S/C9H11Br.Mg.2H/c1-6-4-7(2)9(10)8(3)5-6;;;/h4-5H,1-3H3;;;. The van der Waals surface area contributed by atoms with Gasteiger partial charge in [0.05, 0.1) is 0 Å². The van der Waals surface area contributed by atoms with Gasteiger partial charge in [-0.3, -0.25) is 0 Å². The normalized spacial score (nSPS) is 9.09. The number of halogens is 1. The van der Waals surface area contributed by atoms with E-state index < -0.39 is 0 Å². The highest BCUT2D eigenvalue weighted by molar-refractivity contribution is 9.10. The molecule has 0 nitrogen and oxygen atoms in total. The molecule has 0 bridgehead atoms. The number of hydrogen-bond donors (Lipinski definition) is 0. The Morgan fingerprint density at radius 2 is 1.36 bits per heavy atom. The second kappa shape index (κ2) is 4.48. The Hall–Kier alpha value is 0.466.